The lowest BCUT2D eigenvalue weighted by atomic mass is 9.97. The SMILES string of the molecule is CCC(C)C(NC(=O)C1CCCN1C(=O)C(N)CC(C)C)C(=O)NC(C)C(=O)O. The Morgan fingerprint density at radius 2 is 1.76 bits per heavy atom. The minimum atomic E-state index is -1.15. The first-order chi connectivity index (χ1) is 13.5. The smallest absolute Gasteiger partial charge is 0.325 e. The van der Waals surface area contributed by atoms with Crippen LogP contribution in [-0.2, 0) is 19.2 Å². The van der Waals surface area contributed by atoms with Gasteiger partial charge in [-0.25, -0.2) is 0 Å². The molecule has 0 aromatic heterocycles. The second-order valence-electron chi connectivity index (χ2n) is 8.37. The van der Waals surface area contributed by atoms with Gasteiger partial charge in [0.15, 0.2) is 0 Å². The molecule has 5 N–H and O–H groups in total. The first-order valence-corrected chi connectivity index (χ1v) is 10.4. The Hall–Kier alpha value is -2.16. The van der Waals surface area contributed by atoms with Crippen molar-refractivity contribution in [3.63, 3.8) is 0 Å². The molecule has 9 heteroatoms. The Morgan fingerprint density at radius 3 is 2.28 bits per heavy atom. The fourth-order valence-corrected chi connectivity index (χ4v) is 3.44. The third-order valence-corrected chi connectivity index (χ3v) is 5.40. The molecule has 29 heavy (non-hydrogen) atoms. The van der Waals surface area contributed by atoms with Crippen LogP contribution < -0.4 is 16.4 Å². The molecular formula is C20H36N4O5. The number of nitrogens with two attached hydrogens (primary N) is 1. The molecule has 1 fully saturated rings. The van der Waals surface area contributed by atoms with Crippen LogP contribution >= 0.6 is 0 Å². The van der Waals surface area contributed by atoms with Crippen LogP contribution in [0, 0.1) is 11.8 Å². The molecule has 1 saturated heterocycles. The normalized spacial score (nSPS) is 20.7. The number of likely N-dealkylation sites (tertiary alicyclic amines) is 1. The minimum absolute atomic E-state index is 0.200. The summed E-state index contributed by atoms with van der Waals surface area (Å²) in [6, 6.07) is -3.27. The summed E-state index contributed by atoms with van der Waals surface area (Å²) in [6.07, 6.45) is 2.35. The molecule has 0 spiro atoms. The molecule has 0 radical (unpaired) electrons. The maximum atomic E-state index is 12.9. The number of carboxylic acids is 1. The Bertz CT molecular complexity index is 610. The summed E-state index contributed by atoms with van der Waals surface area (Å²) < 4.78 is 0. The van der Waals surface area contributed by atoms with Gasteiger partial charge in [0.25, 0.3) is 0 Å². The van der Waals surface area contributed by atoms with E-state index in [1.54, 1.807) is 0 Å². The van der Waals surface area contributed by atoms with E-state index in [1.165, 1.54) is 11.8 Å². The fourth-order valence-electron chi connectivity index (χ4n) is 3.44. The van der Waals surface area contributed by atoms with Crippen molar-refractivity contribution < 1.29 is 24.3 Å². The lowest BCUT2D eigenvalue weighted by Crippen LogP contribution is -2.58. The lowest BCUT2D eigenvalue weighted by Gasteiger charge is -2.30. The zero-order chi connectivity index (χ0) is 22.3. The van der Waals surface area contributed by atoms with Crippen molar-refractivity contribution in [3.8, 4) is 0 Å². The van der Waals surface area contributed by atoms with Crippen LogP contribution in [0.25, 0.3) is 0 Å². The summed E-state index contributed by atoms with van der Waals surface area (Å²) in [7, 11) is 0. The standard InChI is InChI=1S/C20H36N4O5/c1-6-12(4)16(18(26)22-13(5)20(28)29)23-17(25)15-8-7-9-24(15)19(27)14(21)10-11(2)3/h11-16H,6-10,21H2,1-5H3,(H,22,26)(H,23,25)(H,28,29). The number of rotatable bonds is 10. The van der Waals surface area contributed by atoms with E-state index in [1.807, 2.05) is 27.7 Å². The van der Waals surface area contributed by atoms with E-state index < -0.39 is 42.0 Å². The topological polar surface area (TPSA) is 142 Å². The fraction of sp³-hybridized carbons (Fsp3) is 0.800. The Morgan fingerprint density at radius 1 is 1.14 bits per heavy atom. The molecule has 1 heterocycles. The van der Waals surface area contributed by atoms with Gasteiger partial charge in [0.2, 0.25) is 17.7 Å². The number of carbonyl (C=O) groups is 4. The van der Waals surface area contributed by atoms with Crippen molar-refractivity contribution >= 4 is 23.7 Å². The number of carboxylic acid groups (broad SMARTS) is 1. The molecular weight excluding hydrogens is 376 g/mol. The Kier molecular flexibility index (Phi) is 9.55. The zero-order valence-electron chi connectivity index (χ0n) is 18.1. The summed E-state index contributed by atoms with van der Waals surface area (Å²) >= 11 is 0. The van der Waals surface area contributed by atoms with Crippen LogP contribution in [0.3, 0.4) is 0 Å². The molecule has 9 nitrogen and oxygen atoms in total. The molecule has 166 valence electrons. The number of aliphatic carboxylic acids is 1. The maximum absolute atomic E-state index is 12.9. The van der Waals surface area contributed by atoms with Crippen molar-refractivity contribution in [1.29, 1.82) is 0 Å². The van der Waals surface area contributed by atoms with E-state index in [0.29, 0.717) is 32.2 Å². The average Bonchev–Trinajstić information content (AvgIpc) is 3.13. The first kappa shape index (κ1) is 24.9. The predicted molar refractivity (Wildman–Crippen MR) is 109 cm³/mol. The van der Waals surface area contributed by atoms with Crippen molar-refractivity contribution in [2.75, 3.05) is 6.54 Å². The molecule has 3 amide bonds. The molecule has 5 unspecified atom stereocenters. The molecule has 0 bridgehead atoms. The summed E-state index contributed by atoms with van der Waals surface area (Å²) in [5.74, 6) is -2.29. The molecule has 0 saturated carbocycles. The number of amides is 3. The van der Waals surface area contributed by atoms with Crippen LogP contribution in [0.15, 0.2) is 0 Å². The van der Waals surface area contributed by atoms with E-state index >= 15 is 0 Å². The molecule has 1 aliphatic heterocycles. The third-order valence-electron chi connectivity index (χ3n) is 5.40. The molecule has 0 aromatic carbocycles. The summed E-state index contributed by atoms with van der Waals surface area (Å²) in [6.45, 7) is 9.48. The highest BCUT2D eigenvalue weighted by Crippen LogP contribution is 2.20. The highest BCUT2D eigenvalue weighted by Gasteiger charge is 2.38. The number of carbonyl (C=O) groups excluding carboxylic acids is 3. The summed E-state index contributed by atoms with van der Waals surface area (Å²) in [5, 5.41) is 14.2. The molecule has 5 atom stereocenters. The van der Waals surface area contributed by atoms with Gasteiger partial charge in [-0.2, -0.15) is 0 Å². The number of hydrogen-bond acceptors (Lipinski definition) is 5. The van der Waals surface area contributed by atoms with Gasteiger partial charge in [0.1, 0.15) is 18.1 Å². The molecule has 0 aromatic rings. The van der Waals surface area contributed by atoms with Crippen molar-refractivity contribution in [2.24, 2.45) is 17.6 Å². The summed E-state index contributed by atoms with van der Waals surface area (Å²) in [4.78, 5) is 50.7. The van der Waals surface area contributed by atoms with Gasteiger partial charge in [-0.15, -0.1) is 0 Å². The highest BCUT2D eigenvalue weighted by molar-refractivity contribution is 5.94. The van der Waals surface area contributed by atoms with Crippen molar-refractivity contribution in [1.82, 2.24) is 15.5 Å². The van der Waals surface area contributed by atoms with Crippen LogP contribution in [0.1, 0.15) is 60.3 Å². The van der Waals surface area contributed by atoms with Crippen LogP contribution in [-0.4, -0.2) is 64.4 Å². The Labute approximate surface area is 172 Å². The van der Waals surface area contributed by atoms with E-state index in [4.69, 9.17) is 10.8 Å². The largest absolute Gasteiger partial charge is 0.480 e. The second kappa shape index (κ2) is 11.1. The quantitative estimate of drug-likeness (QED) is 0.411. The van der Waals surface area contributed by atoms with Crippen LogP contribution in [0.5, 0.6) is 0 Å². The van der Waals surface area contributed by atoms with Crippen molar-refractivity contribution in [2.45, 2.75) is 84.5 Å². The van der Waals surface area contributed by atoms with Gasteiger partial charge in [0.05, 0.1) is 6.04 Å². The van der Waals surface area contributed by atoms with Gasteiger partial charge >= 0.3 is 5.97 Å². The van der Waals surface area contributed by atoms with Gasteiger partial charge < -0.3 is 26.4 Å². The second-order valence-corrected chi connectivity index (χ2v) is 8.37. The van der Waals surface area contributed by atoms with E-state index in [9.17, 15) is 19.2 Å². The lowest BCUT2D eigenvalue weighted by molar-refractivity contribution is -0.143. The maximum Gasteiger partial charge on any atom is 0.325 e. The van der Waals surface area contributed by atoms with Gasteiger partial charge in [0, 0.05) is 6.54 Å². The molecule has 1 rings (SSSR count). The van der Waals surface area contributed by atoms with Gasteiger partial charge in [-0.1, -0.05) is 34.1 Å². The minimum Gasteiger partial charge on any atom is -0.480 e. The number of hydrogen-bond donors (Lipinski definition) is 4. The Balaban J connectivity index is 2.88. The van der Waals surface area contributed by atoms with Gasteiger partial charge in [-0.3, -0.25) is 19.2 Å². The van der Waals surface area contributed by atoms with Crippen molar-refractivity contribution in [3.05, 3.63) is 0 Å². The van der Waals surface area contributed by atoms with E-state index in [0.717, 1.165) is 0 Å². The van der Waals surface area contributed by atoms with E-state index in [-0.39, 0.29) is 17.7 Å². The zero-order valence-corrected chi connectivity index (χ0v) is 18.1. The van der Waals surface area contributed by atoms with Crippen LogP contribution in [0.2, 0.25) is 0 Å². The monoisotopic (exact) mass is 412 g/mol. The van der Waals surface area contributed by atoms with E-state index in [2.05, 4.69) is 10.6 Å². The van der Waals surface area contributed by atoms with Crippen LogP contribution in [0.4, 0.5) is 0 Å². The highest BCUT2D eigenvalue weighted by atomic mass is 16.4. The average molecular weight is 413 g/mol. The number of nitrogens with one attached hydrogen (secondary N) is 2. The third kappa shape index (κ3) is 6.99. The van der Waals surface area contributed by atoms with Gasteiger partial charge in [-0.05, 0) is 38.0 Å². The summed E-state index contributed by atoms with van der Waals surface area (Å²) in [5.41, 5.74) is 6.02. The first-order valence-electron chi connectivity index (χ1n) is 10.4. The predicted octanol–water partition coefficient (Wildman–Crippen LogP) is 0.471. The molecule has 1 aliphatic rings. The molecule has 0 aliphatic carbocycles. The number of nitrogens with zero attached hydrogens (tertiary/aromatic N) is 1.